The van der Waals surface area contributed by atoms with Gasteiger partial charge in [0, 0.05) is 45.4 Å². The first-order valence-electron chi connectivity index (χ1n) is 10.6. The molecule has 27 heavy (non-hydrogen) atoms. The summed E-state index contributed by atoms with van der Waals surface area (Å²) in [5.41, 5.74) is 1.23. The van der Waals surface area contributed by atoms with Crippen molar-refractivity contribution in [2.24, 2.45) is 4.99 Å². The summed E-state index contributed by atoms with van der Waals surface area (Å²) < 4.78 is 5.94. The fourth-order valence-corrected chi connectivity index (χ4v) is 4.25. The fourth-order valence-electron chi connectivity index (χ4n) is 4.25. The van der Waals surface area contributed by atoms with E-state index in [4.69, 9.17) is 4.74 Å². The summed E-state index contributed by atoms with van der Waals surface area (Å²) in [7, 11) is 1.85. The van der Waals surface area contributed by atoms with E-state index in [1.807, 2.05) is 13.1 Å². The van der Waals surface area contributed by atoms with E-state index in [1.165, 1.54) is 44.2 Å². The molecule has 1 aromatic carbocycles. The first-order chi connectivity index (χ1) is 13.3. The van der Waals surface area contributed by atoms with Crippen molar-refractivity contribution < 1.29 is 4.74 Å². The Morgan fingerprint density at radius 3 is 2.74 bits per heavy atom. The van der Waals surface area contributed by atoms with E-state index >= 15 is 0 Å². The summed E-state index contributed by atoms with van der Waals surface area (Å²) in [5, 5.41) is 7.04. The van der Waals surface area contributed by atoms with E-state index in [9.17, 15) is 0 Å². The second-order valence-electron chi connectivity index (χ2n) is 7.84. The van der Waals surface area contributed by atoms with Crippen LogP contribution in [-0.4, -0.2) is 56.2 Å². The van der Waals surface area contributed by atoms with Crippen molar-refractivity contribution in [2.75, 3.05) is 33.3 Å². The van der Waals surface area contributed by atoms with Crippen molar-refractivity contribution >= 4 is 5.96 Å². The zero-order valence-corrected chi connectivity index (χ0v) is 17.0. The molecule has 2 atom stereocenters. The number of aliphatic imine (C=N–C) groups is 1. The van der Waals surface area contributed by atoms with Crippen LogP contribution in [0, 0.1) is 0 Å². The maximum absolute atomic E-state index is 5.94. The first kappa shape index (κ1) is 20.2. The zero-order chi connectivity index (χ0) is 18.9. The van der Waals surface area contributed by atoms with Crippen molar-refractivity contribution in [3.05, 3.63) is 35.9 Å². The molecule has 2 unspecified atom stereocenters. The topological polar surface area (TPSA) is 48.9 Å². The molecule has 3 rings (SSSR count). The Hall–Kier alpha value is -1.59. The van der Waals surface area contributed by atoms with Gasteiger partial charge in [0.1, 0.15) is 0 Å². The van der Waals surface area contributed by atoms with Gasteiger partial charge in [-0.05, 0) is 38.2 Å². The van der Waals surface area contributed by atoms with Crippen molar-refractivity contribution in [3.8, 4) is 0 Å². The molecule has 2 aliphatic rings. The molecule has 1 saturated carbocycles. The van der Waals surface area contributed by atoms with Crippen LogP contribution in [0.1, 0.15) is 57.1 Å². The van der Waals surface area contributed by atoms with Gasteiger partial charge in [0.25, 0.3) is 0 Å². The van der Waals surface area contributed by atoms with Crippen molar-refractivity contribution in [2.45, 2.75) is 63.6 Å². The van der Waals surface area contributed by atoms with Crippen molar-refractivity contribution in [1.82, 2.24) is 15.5 Å². The van der Waals surface area contributed by atoms with Crippen molar-refractivity contribution in [1.29, 1.82) is 0 Å². The second kappa shape index (κ2) is 10.7. The standard InChI is InChI=1S/C22H36N4O/c1-18(19-9-4-3-5-10-19)27-16-8-14-24-22(23-2)25-20-13-15-26(17-20)21-11-6-7-12-21/h3-5,9-10,18,20-21H,6-8,11-17H2,1-2H3,(H2,23,24,25). The molecular weight excluding hydrogens is 336 g/mol. The lowest BCUT2D eigenvalue weighted by molar-refractivity contribution is 0.0646. The highest BCUT2D eigenvalue weighted by Crippen LogP contribution is 2.26. The monoisotopic (exact) mass is 372 g/mol. The summed E-state index contributed by atoms with van der Waals surface area (Å²) in [4.78, 5) is 7.07. The molecule has 5 nitrogen and oxygen atoms in total. The van der Waals surface area contributed by atoms with Crippen LogP contribution < -0.4 is 10.6 Å². The third-order valence-corrected chi connectivity index (χ3v) is 5.88. The molecule has 0 radical (unpaired) electrons. The van der Waals surface area contributed by atoms with E-state index in [2.05, 4.69) is 51.7 Å². The second-order valence-corrected chi connectivity index (χ2v) is 7.84. The van der Waals surface area contributed by atoms with Gasteiger partial charge in [-0.2, -0.15) is 0 Å². The third-order valence-electron chi connectivity index (χ3n) is 5.88. The van der Waals surface area contributed by atoms with E-state index in [1.54, 1.807) is 0 Å². The minimum atomic E-state index is 0.142. The average Bonchev–Trinajstić information content (AvgIpc) is 3.39. The summed E-state index contributed by atoms with van der Waals surface area (Å²) in [6.45, 7) is 6.12. The van der Waals surface area contributed by atoms with Crippen LogP contribution in [0.5, 0.6) is 0 Å². The van der Waals surface area contributed by atoms with Crippen LogP contribution in [0.2, 0.25) is 0 Å². The normalized spacial score (nSPS) is 22.9. The van der Waals surface area contributed by atoms with Crippen LogP contribution in [0.4, 0.5) is 0 Å². The molecule has 1 aromatic rings. The first-order valence-corrected chi connectivity index (χ1v) is 10.6. The van der Waals surface area contributed by atoms with E-state index < -0.39 is 0 Å². The number of nitrogens with one attached hydrogen (secondary N) is 2. The predicted octanol–water partition coefficient (Wildman–Crippen LogP) is 3.34. The fraction of sp³-hybridized carbons (Fsp3) is 0.682. The van der Waals surface area contributed by atoms with Crippen LogP contribution in [-0.2, 0) is 4.74 Å². The molecule has 1 saturated heterocycles. The van der Waals surface area contributed by atoms with Gasteiger partial charge in [-0.1, -0.05) is 43.2 Å². The highest BCUT2D eigenvalue weighted by atomic mass is 16.5. The number of rotatable bonds is 8. The largest absolute Gasteiger partial charge is 0.374 e. The number of likely N-dealkylation sites (tertiary alicyclic amines) is 1. The van der Waals surface area contributed by atoms with E-state index in [0.29, 0.717) is 6.04 Å². The van der Waals surface area contributed by atoms with Crippen LogP contribution >= 0.6 is 0 Å². The lowest BCUT2D eigenvalue weighted by Crippen LogP contribution is -2.45. The summed E-state index contributed by atoms with van der Waals surface area (Å²) in [5.74, 6) is 0.921. The van der Waals surface area contributed by atoms with Crippen molar-refractivity contribution in [3.63, 3.8) is 0 Å². The molecule has 0 aromatic heterocycles. The van der Waals surface area contributed by atoms with Crippen LogP contribution in [0.3, 0.4) is 0 Å². The van der Waals surface area contributed by atoms with Gasteiger partial charge in [0.05, 0.1) is 6.10 Å². The number of benzene rings is 1. The number of nitrogens with zero attached hydrogens (tertiary/aromatic N) is 2. The molecule has 1 heterocycles. The van der Waals surface area contributed by atoms with Crippen LogP contribution in [0.25, 0.3) is 0 Å². The lowest BCUT2D eigenvalue weighted by atomic mass is 10.1. The Morgan fingerprint density at radius 1 is 1.22 bits per heavy atom. The van der Waals surface area contributed by atoms with Gasteiger partial charge in [-0.3, -0.25) is 9.89 Å². The van der Waals surface area contributed by atoms with Crippen LogP contribution in [0.15, 0.2) is 35.3 Å². The smallest absolute Gasteiger partial charge is 0.191 e. The maximum atomic E-state index is 5.94. The quantitative estimate of drug-likeness (QED) is 0.417. The van der Waals surface area contributed by atoms with Gasteiger partial charge in [0.2, 0.25) is 0 Å². The molecule has 0 amide bonds. The number of guanidine groups is 1. The highest BCUT2D eigenvalue weighted by Gasteiger charge is 2.30. The average molecular weight is 373 g/mol. The Bertz CT molecular complexity index is 571. The number of ether oxygens (including phenoxy) is 1. The SMILES string of the molecule is CN=C(NCCCOC(C)c1ccccc1)NC1CCN(C2CCCC2)C1. The zero-order valence-electron chi connectivity index (χ0n) is 17.0. The Kier molecular flexibility index (Phi) is 7.96. The molecule has 2 N–H and O–H groups in total. The Morgan fingerprint density at radius 2 is 2.00 bits per heavy atom. The number of hydrogen-bond donors (Lipinski definition) is 2. The molecule has 150 valence electrons. The molecule has 0 spiro atoms. The van der Waals surface area contributed by atoms with Gasteiger partial charge < -0.3 is 15.4 Å². The summed E-state index contributed by atoms with van der Waals surface area (Å²) >= 11 is 0. The maximum Gasteiger partial charge on any atom is 0.191 e. The van der Waals surface area contributed by atoms with Gasteiger partial charge >= 0.3 is 0 Å². The van der Waals surface area contributed by atoms with Gasteiger partial charge in [-0.15, -0.1) is 0 Å². The third kappa shape index (κ3) is 6.22. The Balaban J connectivity index is 1.29. The molecule has 1 aliphatic heterocycles. The Labute approximate surface area is 164 Å². The number of hydrogen-bond acceptors (Lipinski definition) is 3. The summed E-state index contributed by atoms with van der Waals surface area (Å²) in [6, 6.07) is 11.7. The minimum Gasteiger partial charge on any atom is -0.374 e. The van der Waals surface area contributed by atoms with E-state index in [0.717, 1.165) is 38.1 Å². The molecular formula is C22H36N4O. The highest BCUT2D eigenvalue weighted by molar-refractivity contribution is 5.79. The molecule has 0 bridgehead atoms. The summed E-state index contributed by atoms with van der Waals surface area (Å²) in [6.07, 6.45) is 7.93. The van der Waals surface area contributed by atoms with Gasteiger partial charge in [-0.25, -0.2) is 0 Å². The molecule has 5 heteroatoms. The lowest BCUT2D eigenvalue weighted by Gasteiger charge is -2.24. The molecule has 2 fully saturated rings. The van der Waals surface area contributed by atoms with E-state index in [-0.39, 0.29) is 6.10 Å². The minimum absolute atomic E-state index is 0.142. The molecule has 1 aliphatic carbocycles. The van der Waals surface area contributed by atoms with Gasteiger partial charge in [0.15, 0.2) is 5.96 Å². The predicted molar refractivity (Wildman–Crippen MR) is 112 cm³/mol.